The lowest BCUT2D eigenvalue weighted by molar-refractivity contribution is 0.392. The summed E-state index contributed by atoms with van der Waals surface area (Å²) in [5.74, 6) is 0.906. The molecule has 4 nitrogen and oxygen atoms in total. The van der Waals surface area contributed by atoms with Crippen molar-refractivity contribution in [3.63, 3.8) is 0 Å². The Bertz CT molecular complexity index is 491. The summed E-state index contributed by atoms with van der Waals surface area (Å²) in [5, 5.41) is 7.39. The van der Waals surface area contributed by atoms with E-state index in [1.165, 1.54) is 11.1 Å². The number of rotatable bonds is 5. The Kier molecular flexibility index (Phi) is 3.87. The second kappa shape index (κ2) is 5.40. The highest BCUT2D eigenvalue weighted by molar-refractivity contribution is 5.22. The minimum atomic E-state index is 0.510. The van der Waals surface area contributed by atoms with Crippen LogP contribution in [0.1, 0.15) is 36.4 Å². The molecule has 4 heteroatoms. The van der Waals surface area contributed by atoms with Crippen molar-refractivity contribution in [3.05, 3.63) is 41.0 Å². The topological polar surface area (TPSA) is 43.0 Å². The van der Waals surface area contributed by atoms with Crippen molar-refractivity contribution in [1.82, 2.24) is 15.0 Å². The molecule has 1 N–H and O–H groups in total. The smallest absolute Gasteiger partial charge is 0.138 e. The molecule has 0 fully saturated rings. The van der Waals surface area contributed by atoms with Gasteiger partial charge in [0.1, 0.15) is 5.76 Å². The molecular weight excluding hydrogens is 226 g/mol. The van der Waals surface area contributed by atoms with Crippen molar-refractivity contribution in [2.24, 2.45) is 0 Å². The van der Waals surface area contributed by atoms with Crippen LogP contribution < -0.4 is 5.32 Å². The lowest BCUT2D eigenvalue weighted by Crippen LogP contribution is -2.21. The van der Waals surface area contributed by atoms with Gasteiger partial charge in [-0.25, -0.2) is 0 Å². The van der Waals surface area contributed by atoms with E-state index in [-0.39, 0.29) is 0 Å². The van der Waals surface area contributed by atoms with Gasteiger partial charge in [-0.3, -0.25) is 0 Å². The number of nitrogens with one attached hydrogen (secondary N) is 1. The van der Waals surface area contributed by atoms with Gasteiger partial charge in [-0.05, 0) is 25.5 Å². The van der Waals surface area contributed by atoms with E-state index in [1.54, 1.807) is 0 Å². The first-order valence-corrected chi connectivity index (χ1v) is 6.36. The maximum absolute atomic E-state index is 5.18. The highest BCUT2D eigenvalue weighted by atomic mass is 16.5. The van der Waals surface area contributed by atoms with Gasteiger partial charge in [-0.1, -0.05) is 19.0 Å². The van der Waals surface area contributed by atoms with E-state index < -0.39 is 0 Å². The van der Waals surface area contributed by atoms with Crippen LogP contribution in [0.25, 0.3) is 0 Å². The van der Waals surface area contributed by atoms with E-state index in [0.717, 1.165) is 24.5 Å². The molecule has 18 heavy (non-hydrogen) atoms. The van der Waals surface area contributed by atoms with Crippen LogP contribution in [-0.2, 0) is 13.1 Å². The second-order valence-corrected chi connectivity index (χ2v) is 5.03. The lowest BCUT2D eigenvalue weighted by atomic mass is 10.2. The monoisotopic (exact) mass is 247 g/mol. The summed E-state index contributed by atoms with van der Waals surface area (Å²) in [4.78, 5) is 0. The largest absolute Gasteiger partial charge is 0.361 e. The predicted octanol–water partition coefficient (Wildman–Crippen LogP) is 2.64. The fourth-order valence-corrected chi connectivity index (χ4v) is 1.93. The Morgan fingerprint density at radius 2 is 2.17 bits per heavy atom. The third-order valence-electron chi connectivity index (χ3n) is 3.05. The van der Waals surface area contributed by atoms with Gasteiger partial charge < -0.3 is 14.4 Å². The first-order chi connectivity index (χ1) is 8.56. The van der Waals surface area contributed by atoms with Crippen molar-refractivity contribution in [2.45, 2.75) is 46.8 Å². The maximum Gasteiger partial charge on any atom is 0.138 e. The van der Waals surface area contributed by atoms with Gasteiger partial charge in [-0.2, -0.15) is 0 Å². The van der Waals surface area contributed by atoms with Crippen LogP contribution in [-0.4, -0.2) is 15.8 Å². The summed E-state index contributed by atoms with van der Waals surface area (Å²) in [6.45, 7) is 9.98. The third-order valence-corrected chi connectivity index (χ3v) is 3.05. The lowest BCUT2D eigenvalue weighted by Gasteiger charge is -2.06. The first kappa shape index (κ1) is 12.9. The summed E-state index contributed by atoms with van der Waals surface area (Å²) in [6, 6.07) is 2.66. The van der Waals surface area contributed by atoms with Gasteiger partial charge in [0.2, 0.25) is 0 Å². The minimum Gasteiger partial charge on any atom is -0.361 e. The Hall–Kier alpha value is -1.55. The van der Waals surface area contributed by atoms with Crippen molar-refractivity contribution >= 4 is 0 Å². The minimum absolute atomic E-state index is 0.510. The molecule has 0 aliphatic rings. The van der Waals surface area contributed by atoms with Crippen LogP contribution in [0.5, 0.6) is 0 Å². The Morgan fingerprint density at radius 1 is 1.39 bits per heavy atom. The van der Waals surface area contributed by atoms with Crippen LogP contribution >= 0.6 is 0 Å². The van der Waals surface area contributed by atoms with Crippen LogP contribution in [0.4, 0.5) is 0 Å². The average molecular weight is 247 g/mol. The Labute approximate surface area is 108 Å². The zero-order chi connectivity index (χ0) is 13.1. The molecular formula is C14H21N3O. The Morgan fingerprint density at radius 3 is 2.78 bits per heavy atom. The van der Waals surface area contributed by atoms with Crippen LogP contribution in [0, 0.1) is 13.8 Å². The van der Waals surface area contributed by atoms with E-state index in [4.69, 9.17) is 4.52 Å². The highest BCUT2D eigenvalue weighted by Gasteiger charge is 2.09. The molecule has 2 aromatic heterocycles. The second-order valence-electron chi connectivity index (χ2n) is 5.03. The molecule has 2 rings (SSSR count). The van der Waals surface area contributed by atoms with Gasteiger partial charge in [0.05, 0.1) is 12.2 Å². The fourth-order valence-electron chi connectivity index (χ4n) is 1.93. The van der Waals surface area contributed by atoms with Crippen LogP contribution in [0.2, 0.25) is 0 Å². The summed E-state index contributed by atoms with van der Waals surface area (Å²) < 4.78 is 7.35. The van der Waals surface area contributed by atoms with Crippen molar-refractivity contribution in [3.8, 4) is 0 Å². The van der Waals surface area contributed by atoms with E-state index in [1.807, 2.05) is 13.8 Å². The summed E-state index contributed by atoms with van der Waals surface area (Å²) >= 11 is 0. The van der Waals surface area contributed by atoms with E-state index in [2.05, 4.69) is 47.3 Å². The van der Waals surface area contributed by atoms with Gasteiger partial charge >= 0.3 is 0 Å². The molecule has 0 aromatic carbocycles. The predicted molar refractivity (Wildman–Crippen MR) is 71.5 cm³/mol. The number of nitrogens with zero attached hydrogens (tertiary/aromatic N) is 2. The quantitative estimate of drug-likeness (QED) is 0.883. The average Bonchev–Trinajstić information content (AvgIpc) is 2.88. The fraction of sp³-hybridized carbons (Fsp3) is 0.500. The molecule has 0 saturated heterocycles. The van der Waals surface area contributed by atoms with Crippen LogP contribution in [0.15, 0.2) is 23.0 Å². The highest BCUT2D eigenvalue weighted by Crippen LogP contribution is 2.14. The molecule has 0 spiro atoms. The molecule has 0 aliphatic carbocycles. The normalized spacial score (nSPS) is 11.4. The van der Waals surface area contributed by atoms with Gasteiger partial charge in [0, 0.05) is 30.5 Å². The molecule has 2 aromatic rings. The zero-order valence-electron chi connectivity index (χ0n) is 11.5. The van der Waals surface area contributed by atoms with E-state index in [0.29, 0.717) is 6.04 Å². The zero-order valence-corrected chi connectivity index (χ0v) is 11.5. The number of aryl methyl sites for hydroxylation is 2. The van der Waals surface area contributed by atoms with Crippen molar-refractivity contribution in [2.75, 3.05) is 0 Å². The first-order valence-electron chi connectivity index (χ1n) is 6.36. The summed E-state index contributed by atoms with van der Waals surface area (Å²) in [5.41, 5.74) is 3.45. The molecule has 0 unspecified atom stereocenters. The number of hydrogen-bond acceptors (Lipinski definition) is 3. The number of aromatic nitrogens is 2. The number of hydrogen-bond donors (Lipinski definition) is 1. The van der Waals surface area contributed by atoms with Crippen molar-refractivity contribution in [1.29, 1.82) is 0 Å². The molecule has 0 bridgehead atoms. The standard InChI is InChI=1S/C14H21N3O/c1-10(2)15-7-13-5-6-17(8-13)9-14-11(3)16-18-12(14)4/h5-6,8,10,15H,7,9H2,1-4H3. The molecule has 2 heterocycles. The molecule has 0 radical (unpaired) electrons. The maximum atomic E-state index is 5.18. The SMILES string of the molecule is Cc1noc(C)c1Cn1ccc(CNC(C)C)c1. The van der Waals surface area contributed by atoms with E-state index >= 15 is 0 Å². The van der Waals surface area contributed by atoms with E-state index in [9.17, 15) is 0 Å². The summed E-state index contributed by atoms with van der Waals surface area (Å²) in [6.07, 6.45) is 4.27. The molecule has 0 amide bonds. The molecule has 0 atom stereocenters. The third kappa shape index (κ3) is 3.01. The Balaban J connectivity index is 2.02. The summed E-state index contributed by atoms with van der Waals surface area (Å²) in [7, 11) is 0. The van der Waals surface area contributed by atoms with Crippen LogP contribution in [0.3, 0.4) is 0 Å². The molecule has 0 saturated carbocycles. The van der Waals surface area contributed by atoms with Gasteiger partial charge in [0.15, 0.2) is 0 Å². The molecule has 98 valence electrons. The van der Waals surface area contributed by atoms with Gasteiger partial charge in [-0.15, -0.1) is 0 Å². The van der Waals surface area contributed by atoms with Crippen molar-refractivity contribution < 1.29 is 4.52 Å². The van der Waals surface area contributed by atoms with Gasteiger partial charge in [0.25, 0.3) is 0 Å². The molecule has 0 aliphatic heterocycles.